The van der Waals surface area contributed by atoms with Crippen LogP contribution in [0.1, 0.15) is 59.3 Å². The summed E-state index contributed by atoms with van der Waals surface area (Å²) in [6, 6.07) is 12.6. The first-order valence-corrected chi connectivity index (χ1v) is 8.71. The first-order valence-electron chi connectivity index (χ1n) is 8.71. The fraction of sp³-hybridized carbons (Fsp3) is 0.684. The third-order valence-corrected chi connectivity index (χ3v) is 4.57. The molecular weight excluding hydrogens is 256 g/mol. The van der Waals surface area contributed by atoms with Crippen LogP contribution in [0.3, 0.4) is 0 Å². The number of hydrogen-bond acceptors (Lipinski definition) is 2. The van der Waals surface area contributed by atoms with Gasteiger partial charge in [-0.3, -0.25) is 0 Å². The lowest BCUT2D eigenvalue weighted by Crippen LogP contribution is -2.41. The molecular formula is C19H32N2. The predicted octanol–water partition coefficient (Wildman–Crippen LogP) is 4.82. The van der Waals surface area contributed by atoms with Crippen LogP contribution in [0, 0.1) is 5.92 Å². The van der Waals surface area contributed by atoms with Crippen molar-refractivity contribution >= 4 is 5.69 Å². The monoisotopic (exact) mass is 288 g/mol. The van der Waals surface area contributed by atoms with E-state index in [1.807, 2.05) is 0 Å². The molecule has 0 aliphatic heterocycles. The van der Waals surface area contributed by atoms with Gasteiger partial charge >= 0.3 is 0 Å². The van der Waals surface area contributed by atoms with Gasteiger partial charge in [-0.2, -0.15) is 0 Å². The smallest absolute Gasteiger partial charge is 0.0342 e. The lowest BCUT2D eigenvalue weighted by molar-refractivity contribution is 0.315. The van der Waals surface area contributed by atoms with E-state index in [0.29, 0.717) is 12.1 Å². The van der Waals surface area contributed by atoms with Crippen LogP contribution in [-0.4, -0.2) is 18.1 Å². The van der Waals surface area contributed by atoms with Crippen molar-refractivity contribution in [3.63, 3.8) is 0 Å². The summed E-state index contributed by atoms with van der Waals surface area (Å²) in [4.78, 5) is 0. The summed E-state index contributed by atoms with van der Waals surface area (Å²) in [5, 5.41) is 7.50. The summed E-state index contributed by atoms with van der Waals surface area (Å²) in [6.45, 7) is 6.97. The summed E-state index contributed by atoms with van der Waals surface area (Å²) in [5.74, 6) is 0.819. The fourth-order valence-electron chi connectivity index (χ4n) is 3.24. The summed E-state index contributed by atoms with van der Waals surface area (Å²) < 4.78 is 0. The second-order valence-corrected chi connectivity index (χ2v) is 7.10. The van der Waals surface area contributed by atoms with Crippen molar-refractivity contribution in [1.29, 1.82) is 0 Å². The van der Waals surface area contributed by atoms with Gasteiger partial charge in [0.05, 0.1) is 0 Å². The number of anilines is 1. The molecule has 2 nitrogen and oxygen atoms in total. The molecule has 1 aliphatic rings. The molecule has 1 saturated carbocycles. The molecule has 21 heavy (non-hydrogen) atoms. The average Bonchev–Trinajstić information content (AvgIpc) is 2.48. The van der Waals surface area contributed by atoms with Crippen molar-refractivity contribution in [2.75, 3.05) is 5.32 Å². The lowest BCUT2D eigenvalue weighted by atomic mass is 9.90. The number of nitrogens with one attached hydrogen (secondary N) is 2. The quantitative estimate of drug-likeness (QED) is 0.751. The van der Waals surface area contributed by atoms with Crippen LogP contribution < -0.4 is 10.6 Å². The molecule has 118 valence electrons. The van der Waals surface area contributed by atoms with Crippen molar-refractivity contribution in [3.05, 3.63) is 30.3 Å². The molecule has 0 spiro atoms. The minimum absolute atomic E-state index is 0.649. The van der Waals surface area contributed by atoms with E-state index in [1.54, 1.807) is 0 Å². The Kier molecular flexibility index (Phi) is 6.56. The first kappa shape index (κ1) is 16.4. The van der Waals surface area contributed by atoms with Gasteiger partial charge in [0.1, 0.15) is 0 Å². The van der Waals surface area contributed by atoms with Crippen LogP contribution >= 0.6 is 0 Å². The van der Waals surface area contributed by atoms with Crippen molar-refractivity contribution in [2.45, 2.75) is 77.4 Å². The minimum atomic E-state index is 0.649. The zero-order valence-corrected chi connectivity index (χ0v) is 13.9. The molecule has 0 saturated heterocycles. The maximum Gasteiger partial charge on any atom is 0.0342 e. The van der Waals surface area contributed by atoms with Gasteiger partial charge in [0, 0.05) is 23.8 Å². The van der Waals surface area contributed by atoms with Gasteiger partial charge in [-0.1, -0.05) is 32.0 Å². The minimum Gasteiger partial charge on any atom is -0.382 e. The van der Waals surface area contributed by atoms with E-state index in [4.69, 9.17) is 0 Å². The van der Waals surface area contributed by atoms with Gasteiger partial charge in [0.25, 0.3) is 0 Å². The molecule has 1 aromatic rings. The number of benzene rings is 1. The largest absolute Gasteiger partial charge is 0.382 e. The first-order chi connectivity index (χ1) is 10.1. The van der Waals surface area contributed by atoms with E-state index in [2.05, 4.69) is 61.7 Å². The number of hydrogen-bond donors (Lipinski definition) is 2. The molecule has 1 aliphatic carbocycles. The Balaban J connectivity index is 1.66. The van der Waals surface area contributed by atoms with E-state index in [1.165, 1.54) is 44.2 Å². The Morgan fingerprint density at radius 3 is 2.14 bits per heavy atom. The number of para-hydroxylation sites is 1. The highest BCUT2D eigenvalue weighted by atomic mass is 15.0. The topological polar surface area (TPSA) is 24.1 Å². The Bertz CT molecular complexity index is 380. The van der Waals surface area contributed by atoms with E-state index in [-0.39, 0.29) is 0 Å². The summed E-state index contributed by atoms with van der Waals surface area (Å²) >= 11 is 0. The molecule has 0 heterocycles. The van der Waals surface area contributed by atoms with Crippen molar-refractivity contribution in [2.24, 2.45) is 5.92 Å². The Morgan fingerprint density at radius 2 is 1.52 bits per heavy atom. The Labute approximate surface area is 130 Å². The Hall–Kier alpha value is -1.02. The molecule has 2 rings (SSSR count). The van der Waals surface area contributed by atoms with Crippen LogP contribution in [0.15, 0.2) is 30.3 Å². The predicted molar refractivity (Wildman–Crippen MR) is 92.8 cm³/mol. The van der Waals surface area contributed by atoms with Crippen LogP contribution in [0.4, 0.5) is 5.69 Å². The van der Waals surface area contributed by atoms with Gasteiger partial charge in [-0.15, -0.1) is 0 Å². The molecule has 1 aromatic carbocycles. The molecule has 1 unspecified atom stereocenters. The normalized spacial score (nSPS) is 24.0. The van der Waals surface area contributed by atoms with Crippen molar-refractivity contribution in [3.8, 4) is 0 Å². The third-order valence-electron chi connectivity index (χ3n) is 4.57. The average molecular weight is 288 g/mol. The van der Waals surface area contributed by atoms with E-state index in [0.717, 1.165) is 12.0 Å². The molecule has 1 atom stereocenters. The maximum atomic E-state index is 3.83. The Morgan fingerprint density at radius 1 is 0.905 bits per heavy atom. The highest BCUT2D eigenvalue weighted by Crippen LogP contribution is 2.23. The highest BCUT2D eigenvalue weighted by molar-refractivity contribution is 5.43. The van der Waals surface area contributed by atoms with Crippen LogP contribution in [0.2, 0.25) is 0 Å². The van der Waals surface area contributed by atoms with E-state index in [9.17, 15) is 0 Å². The van der Waals surface area contributed by atoms with E-state index < -0.39 is 0 Å². The molecule has 2 N–H and O–H groups in total. The lowest BCUT2D eigenvalue weighted by Gasteiger charge is -2.32. The second kappa shape index (κ2) is 8.43. The zero-order chi connectivity index (χ0) is 15.1. The van der Waals surface area contributed by atoms with Crippen LogP contribution in [-0.2, 0) is 0 Å². The van der Waals surface area contributed by atoms with Gasteiger partial charge in [-0.25, -0.2) is 0 Å². The van der Waals surface area contributed by atoms with Gasteiger partial charge in [0.2, 0.25) is 0 Å². The van der Waals surface area contributed by atoms with Crippen LogP contribution in [0.5, 0.6) is 0 Å². The molecule has 0 radical (unpaired) electrons. The van der Waals surface area contributed by atoms with Crippen LogP contribution in [0.25, 0.3) is 0 Å². The zero-order valence-electron chi connectivity index (χ0n) is 13.9. The highest BCUT2D eigenvalue weighted by Gasteiger charge is 2.21. The maximum absolute atomic E-state index is 3.83. The summed E-state index contributed by atoms with van der Waals surface area (Å²) in [7, 11) is 0. The number of rotatable bonds is 7. The molecule has 2 heteroatoms. The summed E-state index contributed by atoms with van der Waals surface area (Å²) in [5.41, 5.74) is 1.26. The van der Waals surface area contributed by atoms with Crippen molar-refractivity contribution < 1.29 is 0 Å². The third kappa shape index (κ3) is 6.09. The van der Waals surface area contributed by atoms with Gasteiger partial charge in [0.15, 0.2) is 0 Å². The van der Waals surface area contributed by atoms with Gasteiger partial charge in [-0.05, 0) is 63.5 Å². The molecule has 0 aromatic heterocycles. The van der Waals surface area contributed by atoms with Gasteiger partial charge < -0.3 is 10.6 Å². The van der Waals surface area contributed by atoms with E-state index >= 15 is 0 Å². The summed E-state index contributed by atoms with van der Waals surface area (Å²) in [6.07, 6.45) is 7.80. The SMILES string of the molecule is CC(C)CCC(C)NC1CCC(Nc2ccccc2)CC1. The molecule has 0 bridgehead atoms. The second-order valence-electron chi connectivity index (χ2n) is 7.10. The molecule has 1 fully saturated rings. The standard InChI is InChI=1S/C19H32N2/c1-15(2)9-10-16(3)20-18-11-13-19(14-12-18)21-17-7-5-4-6-8-17/h4-8,15-16,18-21H,9-14H2,1-3H3. The molecule has 0 amide bonds. The van der Waals surface area contributed by atoms with Crippen molar-refractivity contribution in [1.82, 2.24) is 5.32 Å². The fourth-order valence-corrected chi connectivity index (χ4v) is 3.24.